The van der Waals surface area contributed by atoms with Crippen LogP contribution in [0.4, 0.5) is 14.6 Å². The Kier molecular flexibility index (Phi) is 3.93. The third kappa shape index (κ3) is 2.82. The van der Waals surface area contributed by atoms with E-state index in [0.29, 0.717) is 23.2 Å². The minimum absolute atomic E-state index is 0.240. The van der Waals surface area contributed by atoms with Gasteiger partial charge in [0.25, 0.3) is 5.91 Å². The number of halogens is 2. The maximum absolute atomic E-state index is 13.9. The number of hydrogen-bond donors (Lipinski definition) is 1. The number of benzene rings is 2. The van der Waals surface area contributed by atoms with Gasteiger partial charge in [0, 0.05) is 17.8 Å². The molecule has 2 aromatic carbocycles. The van der Waals surface area contributed by atoms with Crippen LogP contribution in [0, 0.1) is 11.6 Å². The van der Waals surface area contributed by atoms with Crippen LogP contribution in [0.2, 0.25) is 0 Å². The molecule has 1 N–H and O–H groups in total. The van der Waals surface area contributed by atoms with Gasteiger partial charge in [0.05, 0.1) is 5.56 Å². The number of amides is 1. The third-order valence-corrected chi connectivity index (χ3v) is 3.98. The molecular weight excluding hydrogens is 336 g/mol. The molecule has 4 aromatic rings. The van der Waals surface area contributed by atoms with Gasteiger partial charge in [0.2, 0.25) is 0 Å². The van der Waals surface area contributed by atoms with Crippen molar-refractivity contribution in [2.75, 3.05) is 5.32 Å². The van der Waals surface area contributed by atoms with Gasteiger partial charge in [-0.3, -0.25) is 9.20 Å². The molecule has 1 amide bonds. The van der Waals surface area contributed by atoms with Gasteiger partial charge < -0.3 is 5.32 Å². The van der Waals surface area contributed by atoms with Crippen molar-refractivity contribution in [1.82, 2.24) is 9.38 Å². The summed E-state index contributed by atoms with van der Waals surface area (Å²) in [6.45, 7) is 0. The molecule has 4 rings (SSSR count). The minimum Gasteiger partial charge on any atom is -0.306 e. The Labute approximate surface area is 147 Å². The zero-order valence-electron chi connectivity index (χ0n) is 13.5. The largest absolute Gasteiger partial charge is 0.306 e. The number of imidazole rings is 1. The van der Waals surface area contributed by atoms with Crippen LogP contribution in [0.15, 0.2) is 72.9 Å². The molecule has 4 nitrogen and oxygen atoms in total. The molecule has 2 heterocycles. The van der Waals surface area contributed by atoms with Crippen LogP contribution in [-0.4, -0.2) is 15.3 Å². The molecule has 0 fully saturated rings. The van der Waals surface area contributed by atoms with Crippen molar-refractivity contribution in [2.24, 2.45) is 0 Å². The average molecular weight is 349 g/mol. The van der Waals surface area contributed by atoms with Crippen LogP contribution in [-0.2, 0) is 0 Å². The zero-order valence-corrected chi connectivity index (χ0v) is 13.5. The van der Waals surface area contributed by atoms with Crippen LogP contribution < -0.4 is 5.32 Å². The number of aromatic nitrogens is 2. The van der Waals surface area contributed by atoms with Crippen molar-refractivity contribution < 1.29 is 13.6 Å². The first-order valence-electron chi connectivity index (χ1n) is 7.92. The lowest BCUT2D eigenvalue weighted by molar-refractivity contribution is 0.102. The maximum atomic E-state index is 13.9. The highest BCUT2D eigenvalue weighted by atomic mass is 19.1. The lowest BCUT2D eigenvalue weighted by atomic mass is 10.1. The average Bonchev–Trinajstić information content (AvgIpc) is 3.01. The van der Waals surface area contributed by atoms with E-state index < -0.39 is 17.5 Å². The molecule has 0 aliphatic carbocycles. The monoisotopic (exact) mass is 349 g/mol. The quantitative estimate of drug-likeness (QED) is 0.591. The Morgan fingerprint density at radius 3 is 2.50 bits per heavy atom. The van der Waals surface area contributed by atoms with Gasteiger partial charge >= 0.3 is 0 Å². The first-order valence-corrected chi connectivity index (χ1v) is 7.92. The number of nitrogens with zero attached hydrogens (tertiary/aromatic N) is 2. The summed E-state index contributed by atoms with van der Waals surface area (Å²) in [7, 11) is 0. The van der Waals surface area contributed by atoms with Crippen LogP contribution >= 0.6 is 0 Å². The normalized spacial score (nSPS) is 10.8. The third-order valence-electron chi connectivity index (χ3n) is 3.98. The molecule has 0 aliphatic rings. The molecule has 128 valence electrons. The number of pyridine rings is 1. The molecule has 6 heteroatoms. The SMILES string of the molecule is O=C(Nc1c(-c2ccccc2)nc2ccccn12)c1ccc(F)cc1F. The number of carbonyl (C=O) groups is 1. The van der Waals surface area contributed by atoms with Crippen molar-refractivity contribution in [3.05, 3.63) is 90.1 Å². The van der Waals surface area contributed by atoms with E-state index >= 15 is 0 Å². The van der Waals surface area contributed by atoms with Crippen molar-refractivity contribution in [3.8, 4) is 11.3 Å². The fourth-order valence-corrected chi connectivity index (χ4v) is 2.76. The standard InChI is InChI=1S/C20H13F2N3O/c21-14-9-10-15(16(22)12-14)20(26)24-19-18(13-6-2-1-3-7-13)23-17-8-4-5-11-25(17)19/h1-12H,(H,24,26). The van der Waals surface area contributed by atoms with Gasteiger partial charge in [-0.15, -0.1) is 0 Å². The second-order valence-electron chi connectivity index (χ2n) is 5.68. The summed E-state index contributed by atoms with van der Waals surface area (Å²) in [6.07, 6.45) is 1.76. The molecule has 0 aliphatic heterocycles. The van der Waals surface area contributed by atoms with Crippen molar-refractivity contribution >= 4 is 17.4 Å². The summed E-state index contributed by atoms with van der Waals surface area (Å²) in [6, 6.07) is 17.6. The minimum atomic E-state index is -0.919. The highest BCUT2D eigenvalue weighted by molar-refractivity contribution is 6.06. The lowest BCUT2D eigenvalue weighted by Crippen LogP contribution is -2.15. The molecule has 0 spiro atoms. The Bertz CT molecular complexity index is 1110. The summed E-state index contributed by atoms with van der Waals surface area (Å²) < 4.78 is 28.7. The van der Waals surface area contributed by atoms with Crippen molar-refractivity contribution in [2.45, 2.75) is 0 Å². The fraction of sp³-hybridized carbons (Fsp3) is 0. The Morgan fingerprint density at radius 1 is 0.962 bits per heavy atom. The molecule has 0 bridgehead atoms. The van der Waals surface area contributed by atoms with Crippen LogP contribution in [0.3, 0.4) is 0 Å². The lowest BCUT2D eigenvalue weighted by Gasteiger charge is -2.08. The fourth-order valence-electron chi connectivity index (χ4n) is 2.76. The predicted molar refractivity (Wildman–Crippen MR) is 94.9 cm³/mol. The molecule has 0 radical (unpaired) electrons. The van der Waals surface area contributed by atoms with E-state index in [4.69, 9.17) is 0 Å². The molecule has 0 saturated carbocycles. The summed E-state index contributed by atoms with van der Waals surface area (Å²) in [5.74, 6) is -1.91. The number of fused-ring (bicyclic) bond motifs is 1. The summed E-state index contributed by atoms with van der Waals surface area (Å²) in [5, 5.41) is 2.71. The molecule has 0 atom stereocenters. The van der Waals surface area contributed by atoms with Crippen LogP contribution in [0.1, 0.15) is 10.4 Å². The van der Waals surface area contributed by atoms with Crippen LogP contribution in [0.5, 0.6) is 0 Å². The van der Waals surface area contributed by atoms with Gasteiger partial charge in [-0.05, 0) is 24.3 Å². The molecule has 2 aromatic heterocycles. The van der Waals surface area contributed by atoms with Gasteiger partial charge in [-0.25, -0.2) is 13.8 Å². The smallest absolute Gasteiger partial charge is 0.259 e. The van der Waals surface area contributed by atoms with E-state index in [0.717, 1.165) is 17.7 Å². The Morgan fingerprint density at radius 2 is 1.73 bits per heavy atom. The molecule has 26 heavy (non-hydrogen) atoms. The molecular formula is C20H13F2N3O. The van der Waals surface area contributed by atoms with E-state index in [-0.39, 0.29) is 5.56 Å². The predicted octanol–water partition coefficient (Wildman–Crippen LogP) is 4.53. The van der Waals surface area contributed by atoms with Crippen molar-refractivity contribution in [3.63, 3.8) is 0 Å². The highest BCUT2D eigenvalue weighted by Gasteiger charge is 2.19. The van der Waals surface area contributed by atoms with E-state index in [1.807, 2.05) is 36.4 Å². The highest BCUT2D eigenvalue weighted by Crippen LogP contribution is 2.29. The number of nitrogens with one attached hydrogen (secondary N) is 1. The Balaban J connectivity index is 1.81. The summed E-state index contributed by atoms with van der Waals surface area (Å²) in [4.78, 5) is 17.1. The van der Waals surface area contributed by atoms with Crippen molar-refractivity contribution in [1.29, 1.82) is 0 Å². The van der Waals surface area contributed by atoms with E-state index in [9.17, 15) is 13.6 Å². The van der Waals surface area contributed by atoms with Gasteiger partial charge in [0.1, 0.15) is 28.8 Å². The Hall–Kier alpha value is -3.54. The van der Waals surface area contributed by atoms with Gasteiger partial charge in [-0.2, -0.15) is 0 Å². The van der Waals surface area contributed by atoms with E-state index in [1.165, 1.54) is 0 Å². The van der Waals surface area contributed by atoms with E-state index in [2.05, 4.69) is 10.3 Å². The van der Waals surface area contributed by atoms with Crippen LogP contribution in [0.25, 0.3) is 16.9 Å². The number of anilines is 1. The second kappa shape index (κ2) is 6.40. The first kappa shape index (κ1) is 16.0. The second-order valence-corrected chi connectivity index (χ2v) is 5.68. The van der Waals surface area contributed by atoms with Gasteiger partial charge in [0.15, 0.2) is 0 Å². The number of hydrogen-bond acceptors (Lipinski definition) is 2. The number of rotatable bonds is 3. The topological polar surface area (TPSA) is 46.4 Å². The molecule has 0 unspecified atom stereocenters. The summed E-state index contributed by atoms with van der Waals surface area (Å²) in [5.41, 5.74) is 1.77. The number of carbonyl (C=O) groups excluding carboxylic acids is 1. The first-order chi connectivity index (χ1) is 12.6. The van der Waals surface area contributed by atoms with Gasteiger partial charge in [-0.1, -0.05) is 36.4 Å². The maximum Gasteiger partial charge on any atom is 0.259 e. The summed E-state index contributed by atoms with van der Waals surface area (Å²) >= 11 is 0. The zero-order chi connectivity index (χ0) is 18.1. The van der Waals surface area contributed by atoms with E-state index in [1.54, 1.807) is 22.7 Å². The molecule has 0 saturated heterocycles.